The van der Waals surface area contributed by atoms with Gasteiger partial charge in [-0.3, -0.25) is 9.59 Å². The first-order valence-electron chi connectivity index (χ1n) is 9.77. The highest BCUT2D eigenvalue weighted by atomic mass is 35.5. The maximum absolute atomic E-state index is 12.2. The van der Waals surface area contributed by atoms with Crippen LogP contribution < -0.4 is 22.3 Å². The fourth-order valence-corrected chi connectivity index (χ4v) is 3.54. The lowest BCUT2D eigenvalue weighted by atomic mass is 10.0. The molecule has 12 heteroatoms. The monoisotopic (exact) mass is 495 g/mol. The third-order valence-corrected chi connectivity index (χ3v) is 5.12. The van der Waals surface area contributed by atoms with Gasteiger partial charge in [-0.1, -0.05) is 36.2 Å². The molecule has 0 heterocycles. The average molecular weight is 496 g/mol. The summed E-state index contributed by atoms with van der Waals surface area (Å²) in [5.74, 6) is -2.37. The Morgan fingerprint density at radius 1 is 1.18 bits per heavy atom. The van der Waals surface area contributed by atoms with Gasteiger partial charge in [0, 0.05) is 10.6 Å². The molecule has 0 atom stereocenters. The number of halogens is 2. The quantitative estimate of drug-likeness (QED) is 0.212. The third kappa shape index (κ3) is 7.55. The molecule has 2 rings (SSSR count). The lowest BCUT2D eigenvalue weighted by Gasteiger charge is -2.12. The number of nitrogens with zero attached hydrogens (tertiary/aromatic N) is 1. The van der Waals surface area contributed by atoms with Crippen molar-refractivity contribution in [3.63, 3.8) is 0 Å². The summed E-state index contributed by atoms with van der Waals surface area (Å²) in [5.41, 5.74) is 14.1. The summed E-state index contributed by atoms with van der Waals surface area (Å²) in [6.07, 6.45) is 0.473. The molecule has 2 amide bonds. The van der Waals surface area contributed by atoms with Gasteiger partial charge >= 0.3 is 5.97 Å². The Labute approximate surface area is 199 Å². The minimum absolute atomic E-state index is 0.0901. The molecule has 0 saturated carbocycles. The van der Waals surface area contributed by atoms with Gasteiger partial charge in [0.05, 0.1) is 23.7 Å². The minimum atomic E-state index is -0.758. The number of aryl methyl sites for hydroxylation is 1. The number of carbonyl (C=O) groups is 3. The van der Waals surface area contributed by atoms with Gasteiger partial charge in [0.15, 0.2) is 5.96 Å². The SMILES string of the molecule is CCc1c(Cl)cc(CCC(=O)ONC(=O)CNC(=O)c2cccc(N=C(N)N)c2)c(O)c1Cl. The Balaban J connectivity index is 1.80. The van der Waals surface area contributed by atoms with Crippen molar-refractivity contribution in [2.45, 2.75) is 26.2 Å². The highest BCUT2D eigenvalue weighted by Gasteiger charge is 2.16. The lowest BCUT2D eigenvalue weighted by molar-refractivity contribution is -0.157. The molecule has 0 saturated heterocycles. The molecule has 0 spiro atoms. The second-order valence-electron chi connectivity index (χ2n) is 6.78. The molecule has 2 aromatic carbocycles. The molecule has 0 aliphatic carbocycles. The summed E-state index contributed by atoms with van der Waals surface area (Å²) in [6.45, 7) is 1.40. The van der Waals surface area contributed by atoms with Crippen molar-refractivity contribution in [3.8, 4) is 5.75 Å². The summed E-state index contributed by atoms with van der Waals surface area (Å²) < 4.78 is 0. The van der Waals surface area contributed by atoms with Crippen LogP contribution in [0.3, 0.4) is 0 Å². The smallest absolute Gasteiger partial charge is 0.332 e. The number of phenols is 1. The number of nitrogens with two attached hydrogens (primary N) is 2. The lowest BCUT2D eigenvalue weighted by Crippen LogP contribution is -2.38. The van der Waals surface area contributed by atoms with Crippen LogP contribution in [0.25, 0.3) is 0 Å². The molecular formula is C21H23Cl2N5O5. The molecule has 2 aromatic rings. The van der Waals surface area contributed by atoms with Crippen LogP contribution >= 0.6 is 23.2 Å². The molecule has 176 valence electrons. The number of phenolic OH excluding ortho intramolecular Hbond substituents is 1. The molecule has 7 N–H and O–H groups in total. The van der Waals surface area contributed by atoms with E-state index in [4.69, 9.17) is 34.7 Å². The number of nitrogens with one attached hydrogen (secondary N) is 2. The van der Waals surface area contributed by atoms with Gasteiger partial charge in [-0.25, -0.2) is 9.79 Å². The zero-order valence-corrected chi connectivity index (χ0v) is 19.2. The second-order valence-corrected chi connectivity index (χ2v) is 7.57. The molecule has 0 bridgehead atoms. The van der Waals surface area contributed by atoms with Crippen LogP contribution in [0.5, 0.6) is 5.75 Å². The van der Waals surface area contributed by atoms with Crippen molar-refractivity contribution in [1.29, 1.82) is 0 Å². The molecule has 0 aliphatic heterocycles. The molecule has 0 unspecified atom stereocenters. The highest BCUT2D eigenvalue weighted by molar-refractivity contribution is 6.37. The largest absolute Gasteiger partial charge is 0.506 e. The number of guanidine groups is 1. The predicted octanol–water partition coefficient (Wildman–Crippen LogP) is 2.10. The van der Waals surface area contributed by atoms with Gasteiger partial charge in [-0.15, -0.1) is 0 Å². The Morgan fingerprint density at radius 3 is 2.58 bits per heavy atom. The van der Waals surface area contributed by atoms with Crippen LogP contribution in [0.2, 0.25) is 10.0 Å². The van der Waals surface area contributed by atoms with E-state index in [1.807, 2.05) is 12.4 Å². The summed E-state index contributed by atoms with van der Waals surface area (Å²) in [7, 11) is 0. The molecule has 0 radical (unpaired) electrons. The number of hydrogen-bond acceptors (Lipinski definition) is 6. The summed E-state index contributed by atoms with van der Waals surface area (Å²) in [6, 6.07) is 7.66. The van der Waals surface area contributed by atoms with Crippen molar-refractivity contribution >= 4 is 52.6 Å². The topological polar surface area (TPSA) is 169 Å². The third-order valence-electron chi connectivity index (χ3n) is 4.37. The maximum atomic E-state index is 12.2. The average Bonchev–Trinajstić information content (AvgIpc) is 2.77. The predicted molar refractivity (Wildman–Crippen MR) is 124 cm³/mol. The van der Waals surface area contributed by atoms with Crippen LogP contribution in [0.15, 0.2) is 35.3 Å². The molecule has 0 aromatic heterocycles. The molecule has 10 nitrogen and oxygen atoms in total. The van der Waals surface area contributed by atoms with Crippen molar-refractivity contribution in [3.05, 3.63) is 57.1 Å². The summed E-state index contributed by atoms with van der Waals surface area (Å²) in [5, 5.41) is 13.1. The second kappa shape index (κ2) is 11.9. The minimum Gasteiger partial charge on any atom is -0.506 e. The fourth-order valence-electron chi connectivity index (χ4n) is 2.78. The first-order valence-corrected chi connectivity index (χ1v) is 10.5. The zero-order valence-electron chi connectivity index (χ0n) is 17.7. The Hall–Kier alpha value is -3.50. The number of hydrogen-bond donors (Lipinski definition) is 5. The van der Waals surface area contributed by atoms with Gasteiger partial charge in [-0.05, 0) is 48.2 Å². The van der Waals surface area contributed by atoms with Crippen molar-refractivity contribution in [2.24, 2.45) is 16.5 Å². The number of aromatic hydroxyl groups is 1. The Kier molecular flexibility index (Phi) is 9.31. The van der Waals surface area contributed by atoms with Crippen LogP contribution in [0.1, 0.15) is 34.8 Å². The Morgan fingerprint density at radius 2 is 1.91 bits per heavy atom. The van der Waals surface area contributed by atoms with E-state index >= 15 is 0 Å². The van der Waals surface area contributed by atoms with Crippen molar-refractivity contribution in [1.82, 2.24) is 10.8 Å². The Bertz CT molecular complexity index is 1090. The zero-order chi connectivity index (χ0) is 24.5. The summed E-state index contributed by atoms with van der Waals surface area (Å²) >= 11 is 12.2. The summed E-state index contributed by atoms with van der Waals surface area (Å²) in [4.78, 5) is 44.4. The number of aliphatic imine (C=N–C) groups is 1. The first-order chi connectivity index (χ1) is 15.6. The van der Waals surface area contributed by atoms with E-state index in [9.17, 15) is 19.5 Å². The van der Waals surface area contributed by atoms with E-state index in [1.165, 1.54) is 18.2 Å². The number of rotatable bonds is 8. The number of benzene rings is 2. The standard InChI is InChI=1S/C21H23Cl2N5O5/c1-2-14-15(22)9-11(19(31)18(14)23)6-7-17(30)33-28-16(29)10-26-20(32)12-4-3-5-13(8-12)27-21(24)25/h3-5,8-9,31H,2,6-7,10H2,1H3,(H,26,32)(H,28,29)(H4,24,25,27). The van der Waals surface area contributed by atoms with E-state index in [0.29, 0.717) is 28.3 Å². The maximum Gasteiger partial charge on any atom is 0.332 e. The van der Waals surface area contributed by atoms with E-state index in [0.717, 1.165) is 0 Å². The normalized spacial score (nSPS) is 10.3. The molecule has 0 aliphatic rings. The fraction of sp³-hybridized carbons (Fsp3) is 0.238. The van der Waals surface area contributed by atoms with E-state index < -0.39 is 24.3 Å². The van der Waals surface area contributed by atoms with Crippen molar-refractivity contribution in [2.75, 3.05) is 6.54 Å². The highest BCUT2D eigenvalue weighted by Crippen LogP contribution is 2.37. The van der Waals surface area contributed by atoms with Crippen LogP contribution in [-0.2, 0) is 27.3 Å². The molecular weight excluding hydrogens is 473 g/mol. The van der Waals surface area contributed by atoms with Crippen LogP contribution in [-0.4, -0.2) is 35.4 Å². The van der Waals surface area contributed by atoms with Gasteiger partial charge in [0.25, 0.3) is 11.8 Å². The van der Waals surface area contributed by atoms with Gasteiger partial charge < -0.3 is 26.7 Å². The molecule has 0 fully saturated rings. The van der Waals surface area contributed by atoms with Crippen LogP contribution in [0, 0.1) is 0 Å². The number of amides is 2. The van der Waals surface area contributed by atoms with Gasteiger partial charge in [0.1, 0.15) is 5.75 Å². The van der Waals surface area contributed by atoms with Crippen LogP contribution in [0.4, 0.5) is 5.69 Å². The first kappa shape index (κ1) is 25.8. The van der Waals surface area contributed by atoms with E-state index in [-0.39, 0.29) is 35.1 Å². The van der Waals surface area contributed by atoms with Gasteiger partial charge in [-0.2, -0.15) is 5.48 Å². The van der Waals surface area contributed by atoms with E-state index in [2.05, 4.69) is 15.1 Å². The number of carbonyl (C=O) groups excluding carboxylic acids is 3. The molecule has 33 heavy (non-hydrogen) atoms. The number of hydroxylamine groups is 1. The van der Waals surface area contributed by atoms with Crippen molar-refractivity contribution < 1.29 is 24.3 Å². The van der Waals surface area contributed by atoms with E-state index in [1.54, 1.807) is 12.1 Å². The van der Waals surface area contributed by atoms with Gasteiger partial charge in [0.2, 0.25) is 0 Å².